The van der Waals surface area contributed by atoms with Gasteiger partial charge in [0.25, 0.3) is 0 Å². The quantitative estimate of drug-likeness (QED) is 0.589. The highest BCUT2D eigenvalue weighted by Gasteiger charge is 2.23. The van der Waals surface area contributed by atoms with E-state index in [-0.39, 0.29) is 6.10 Å². The van der Waals surface area contributed by atoms with Gasteiger partial charge in [0.05, 0.1) is 13.2 Å². The molecule has 2 aliphatic heterocycles. The Morgan fingerprint density at radius 1 is 1.27 bits per heavy atom. The summed E-state index contributed by atoms with van der Waals surface area (Å²) in [6, 6.07) is 0. The lowest BCUT2D eigenvalue weighted by Crippen LogP contribution is -2.42. The maximum absolute atomic E-state index is 12.1. The van der Waals surface area contributed by atoms with Crippen molar-refractivity contribution in [2.24, 2.45) is 4.99 Å². The third-order valence-electron chi connectivity index (χ3n) is 4.14. The van der Waals surface area contributed by atoms with E-state index < -0.39 is 6.09 Å². The van der Waals surface area contributed by atoms with Crippen molar-refractivity contribution in [2.75, 3.05) is 45.9 Å². The van der Waals surface area contributed by atoms with Crippen LogP contribution in [0, 0.1) is 0 Å². The van der Waals surface area contributed by atoms with Crippen molar-refractivity contribution in [1.29, 1.82) is 0 Å². The van der Waals surface area contributed by atoms with E-state index >= 15 is 0 Å². The molecule has 0 atom stereocenters. The molecule has 0 aromatic rings. The Bertz CT molecular complexity index is 422. The van der Waals surface area contributed by atoms with Crippen LogP contribution in [0.5, 0.6) is 0 Å². The zero-order valence-corrected chi connectivity index (χ0v) is 13.7. The fraction of sp³-hybridized carbons (Fsp3) is 0.750. The van der Waals surface area contributed by atoms with E-state index in [1.807, 2.05) is 11.8 Å². The minimum Gasteiger partial charge on any atom is -0.444 e. The van der Waals surface area contributed by atoms with Crippen molar-refractivity contribution in [3.05, 3.63) is 12.2 Å². The topological polar surface area (TPSA) is 54.4 Å². The first-order valence-electron chi connectivity index (χ1n) is 8.10. The average molecular weight is 309 g/mol. The first-order valence-corrected chi connectivity index (χ1v) is 8.10. The van der Waals surface area contributed by atoms with Crippen molar-refractivity contribution in [1.82, 2.24) is 9.80 Å². The molecule has 2 fully saturated rings. The van der Waals surface area contributed by atoms with Crippen LogP contribution in [0.2, 0.25) is 0 Å². The van der Waals surface area contributed by atoms with Crippen LogP contribution in [0.3, 0.4) is 0 Å². The highest BCUT2D eigenvalue weighted by atomic mass is 16.6. The Labute approximate surface area is 132 Å². The van der Waals surface area contributed by atoms with Crippen molar-refractivity contribution in [3.8, 4) is 0 Å². The second-order valence-electron chi connectivity index (χ2n) is 5.83. The minimum absolute atomic E-state index is 0.0184. The molecule has 2 saturated heterocycles. The van der Waals surface area contributed by atoms with E-state index in [4.69, 9.17) is 9.47 Å². The molecule has 0 spiro atoms. The summed E-state index contributed by atoms with van der Waals surface area (Å²) in [7, 11) is 0. The van der Waals surface area contributed by atoms with Crippen LogP contribution >= 0.6 is 0 Å². The summed E-state index contributed by atoms with van der Waals surface area (Å²) >= 11 is 0. The Morgan fingerprint density at radius 3 is 2.45 bits per heavy atom. The molecule has 2 aliphatic rings. The first-order chi connectivity index (χ1) is 10.6. The monoisotopic (exact) mass is 309 g/mol. The number of morpholine rings is 1. The van der Waals surface area contributed by atoms with Gasteiger partial charge in [0.2, 0.25) is 0 Å². The average Bonchev–Trinajstić information content (AvgIpc) is 2.54. The number of hydrogen-bond donors (Lipinski definition) is 0. The van der Waals surface area contributed by atoms with Crippen LogP contribution in [-0.2, 0) is 9.47 Å². The van der Waals surface area contributed by atoms with Crippen LogP contribution in [0.25, 0.3) is 0 Å². The van der Waals surface area contributed by atoms with Gasteiger partial charge < -0.3 is 19.3 Å². The maximum atomic E-state index is 12.1. The number of aliphatic imine (C=N–C) groups is 1. The standard InChI is InChI=1S/C16H27N3O3/c1-4-18-7-5-14(6-8-18)22-16(20)17-15(13(2)3)19-9-11-21-12-10-19/h14H,2,4-12H2,1,3H3/b17-15-. The zero-order valence-electron chi connectivity index (χ0n) is 13.7. The van der Waals surface area contributed by atoms with E-state index in [1.54, 1.807) is 0 Å². The summed E-state index contributed by atoms with van der Waals surface area (Å²) in [6.07, 6.45) is 1.25. The van der Waals surface area contributed by atoms with E-state index in [9.17, 15) is 4.79 Å². The number of likely N-dealkylation sites (tertiary alicyclic amines) is 1. The van der Waals surface area contributed by atoms with E-state index in [1.165, 1.54) is 0 Å². The largest absolute Gasteiger partial charge is 0.444 e. The van der Waals surface area contributed by atoms with Crippen molar-refractivity contribution >= 4 is 11.9 Å². The van der Waals surface area contributed by atoms with Gasteiger partial charge >= 0.3 is 6.09 Å². The van der Waals surface area contributed by atoms with Gasteiger partial charge in [-0.1, -0.05) is 13.5 Å². The molecule has 2 heterocycles. The number of hydrogen-bond acceptors (Lipinski definition) is 4. The van der Waals surface area contributed by atoms with E-state index in [0.29, 0.717) is 19.0 Å². The Morgan fingerprint density at radius 2 is 1.91 bits per heavy atom. The predicted octanol–water partition coefficient (Wildman–Crippen LogP) is 1.91. The maximum Gasteiger partial charge on any atom is 0.435 e. The normalized spacial score (nSPS) is 21.7. The summed E-state index contributed by atoms with van der Waals surface area (Å²) in [6.45, 7) is 13.7. The number of rotatable bonds is 3. The van der Waals surface area contributed by atoms with Gasteiger partial charge in [0.1, 0.15) is 11.9 Å². The lowest BCUT2D eigenvalue weighted by atomic mass is 10.1. The third kappa shape index (κ3) is 4.81. The van der Waals surface area contributed by atoms with Gasteiger partial charge in [0, 0.05) is 26.2 Å². The molecule has 124 valence electrons. The number of nitrogens with zero attached hydrogens (tertiary/aromatic N) is 3. The SMILES string of the molecule is C=C(C)/C(=N/C(=O)OC1CCN(CC)CC1)N1CCOCC1. The van der Waals surface area contributed by atoms with Gasteiger partial charge in [-0.05, 0) is 31.9 Å². The number of carbonyl (C=O) groups excluding carboxylic acids is 1. The molecule has 2 rings (SSSR count). The zero-order chi connectivity index (χ0) is 15.9. The minimum atomic E-state index is -0.501. The number of amides is 1. The Hall–Kier alpha value is -1.40. The summed E-state index contributed by atoms with van der Waals surface area (Å²) in [5.41, 5.74) is 0.777. The summed E-state index contributed by atoms with van der Waals surface area (Å²) < 4.78 is 10.8. The van der Waals surface area contributed by atoms with Crippen LogP contribution < -0.4 is 0 Å². The van der Waals surface area contributed by atoms with Crippen LogP contribution in [0.15, 0.2) is 17.1 Å². The van der Waals surface area contributed by atoms with Crippen molar-refractivity contribution < 1.29 is 14.3 Å². The second kappa shape index (κ2) is 8.29. The van der Waals surface area contributed by atoms with E-state index in [2.05, 4.69) is 23.4 Å². The molecule has 6 nitrogen and oxygen atoms in total. The molecule has 6 heteroatoms. The molecule has 0 aliphatic carbocycles. The van der Waals surface area contributed by atoms with Crippen LogP contribution in [-0.4, -0.2) is 73.8 Å². The summed E-state index contributed by atoms with van der Waals surface area (Å²) in [5, 5.41) is 0. The van der Waals surface area contributed by atoms with Gasteiger partial charge in [-0.15, -0.1) is 0 Å². The van der Waals surface area contributed by atoms with Crippen LogP contribution in [0.1, 0.15) is 26.7 Å². The number of carbonyl (C=O) groups is 1. The fourth-order valence-electron chi connectivity index (χ4n) is 2.81. The van der Waals surface area contributed by atoms with Crippen LogP contribution in [0.4, 0.5) is 4.79 Å². The first kappa shape index (κ1) is 17.0. The van der Waals surface area contributed by atoms with E-state index in [0.717, 1.165) is 51.1 Å². The Balaban J connectivity index is 1.90. The third-order valence-corrected chi connectivity index (χ3v) is 4.14. The molecule has 0 saturated carbocycles. The fourth-order valence-corrected chi connectivity index (χ4v) is 2.81. The summed E-state index contributed by atoms with van der Waals surface area (Å²) in [4.78, 5) is 20.6. The van der Waals surface area contributed by atoms with Gasteiger partial charge in [-0.2, -0.15) is 4.99 Å². The Kier molecular flexibility index (Phi) is 6.39. The van der Waals surface area contributed by atoms with Crippen molar-refractivity contribution in [2.45, 2.75) is 32.8 Å². The second-order valence-corrected chi connectivity index (χ2v) is 5.83. The molecule has 0 radical (unpaired) electrons. The number of ether oxygens (including phenoxy) is 2. The molecule has 0 bridgehead atoms. The molecule has 0 aromatic heterocycles. The predicted molar refractivity (Wildman–Crippen MR) is 86.3 cm³/mol. The number of amidine groups is 1. The molecule has 22 heavy (non-hydrogen) atoms. The number of piperidine rings is 1. The molecular weight excluding hydrogens is 282 g/mol. The molecular formula is C16H27N3O3. The van der Waals surface area contributed by atoms with Gasteiger partial charge in [-0.3, -0.25) is 0 Å². The van der Waals surface area contributed by atoms with Gasteiger partial charge in [-0.25, -0.2) is 4.79 Å². The smallest absolute Gasteiger partial charge is 0.435 e. The highest BCUT2D eigenvalue weighted by Crippen LogP contribution is 2.15. The summed E-state index contributed by atoms with van der Waals surface area (Å²) in [5.74, 6) is 0.624. The van der Waals surface area contributed by atoms with Crippen molar-refractivity contribution in [3.63, 3.8) is 0 Å². The molecule has 1 amide bonds. The highest BCUT2D eigenvalue weighted by molar-refractivity contribution is 6.02. The lowest BCUT2D eigenvalue weighted by molar-refractivity contribution is 0.0565. The molecule has 0 unspecified atom stereocenters. The lowest BCUT2D eigenvalue weighted by Gasteiger charge is -2.31. The van der Waals surface area contributed by atoms with Gasteiger partial charge in [0.15, 0.2) is 0 Å². The molecule has 0 aromatic carbocycles. The molecule has 0 N–H and O–H groups in total.